The maximum Gasteiger partial charge on any atom is 0.182 e. The summed E-state index contributed by atoms with van der Waals surface area (Å²) < 4.78 is 4.84. The Morgan fingerprint density at radius 1 is 0.419 bits per heavy atom. The van der Waals surface area contributed by atoms with Gasteiger partial charge < -0.3 is 9.13 Å². The molecule has 0 N–H and O–H groups in total. The van der Waals surface area contributed by atoms with Gasteiger partial charge in [0.1, 0.15) is 5.69 Å². The third-order valence-corrected chi connectivity index (χ3v) is 12.1. The molecule has 0 atom stereocenters. The monoisotopic (exact) mass is 794 g/mol. The van der Waals surface area contributed by atoms with E-state index in [0.717, 1.165) is 51.8 Å². The average Bonchev–Trinajstić information content (AvgIpc) is 3.87. The van der Waals surface area contributed by atoms with E-state index >= 15 is 0 Å². The Morgan fingerprint density at radius 2 is 1.03 bits per heavy atom. The van der Waals surface area contributed by atoms with Gasteiger partial charge in [0.2, 0.25) is 0 Å². The highest BCUT2D eigenvalue weighted by atomic mass is 15.0. The lowest BCUT2D eigenvalue weighted by molar-refractivity contribution is 0.888. The van der Waals surface area contributed by atoms with E-state index in [1.165, 1.54) is 49.7 Å². The topological polar surface area (TPSA) is 61.4 Å². The van der Waals surface area contributed by atoms with Gasteiger partial charge in [-0.05, 0) is 95.8 Å². The molecule has 12 rings (SSSR count). The molecule has 62 heavy (non-hydrogen) atoms. The second-order valence-corrected chi connectivity index (χ2v) is 15.8. The van der Waals surface area contributed by atoms with Crippen molar-refractivity contribution >= 4 is 38.8 Å². The summed E-state index contributed by atoms with van der Waals surface area (Å²) in [5.74, 6) is 1.75. The van der Waals surface area contributed by atoms with E-state index in [9.17, 15) is 0 Å². The number of allylic oxidation sites excluding steroid dienone is 1. The maximum atomic E-state index is 4.94. The highest BCUT2D eigenvalue weighted by Crippen LogP contribution is 2.41. The van der Waals surface area contributed by atoms with Crippen LogP contribution in [0.4, 0.5) is 0 Å². The number of nitrogens with zero attached hydrogens (tertiary/aromatic N) is 6. The zero-order chi connectivity index (χ0) is 41.0. The predicted molar refractivity (Wildman–Crippen MR) is 253 cm³/mol. The number of fused-ring (bicyclic) bond motifs is 6. The smallest absolute Gasteiger partial charge is 0.182 e. The van der Waals surface area contributed by atoms with Gasteiger partial charge in [0, 0.05) is 56.1 Å². The molecule has 0 saturated heterocycles. The van der Waals surface area contributed by atoms with Gasteiger partial charge in [0.25, 0.3) is 0 Å². The Kier molecular flexibility index (Phi) is 8.52. The summed E-state index contributed by atoms with van der Waals surface area (Å²) in [6, 6.07) is 66.2. The number of hydrogen-bond donors (Lipinski definition) is 0. The highest BCUT2D eigenvalue weighted by molar-refractivity contribution is 6.10. The molecular weight excluding hydrogens is 757 g/mol. The molecule has 1 aliphatic rings. The number of pyridine rings is 1. The van der Waals surface area contributed by atoms with Crippen molar-refractivity contribution in [3.05, 3.63) is 212 Å². The third-order valence-electron chi connectivity index (χ3n) is 12.1. The summed E-state index contributed by atoms with van der Waals surface area (Å²) in [7, 11) is 0. The lowest BCUT2D eigenvalue weighted by Crippen LogP contribution is -2.02. The fourth-order valence-corrected chi connectivity index (χ4v) is 9.26. The summed E-state index contributed by atoms with van der Waals surface area (Å²) in [4.78, 5) is 19.5. The molecule has 0 saturated carbocycles. The summed E-state index contributed by atoms with van der Waals surface area (Å²) >= 11 is 0. The SMILES string of the molecule is C1=Cc2c(n(-c3ccccc3)c3cccc(-c4ccc(-n5c6ccccc6c6cc(-c7ccnc(-c8nc(-c9ccccc9)nc(-c9ccccc9)n8)c7)ccc65)cc4)c23)CC1. The van der Waals surface area contributed by atoms with Gasteiger partial charge in [-0.3, -0.25) is 4.98 Å². The number of para-hydroxylation sites is 2. The van der Waals surface area contributed by atoms with E-state index in [1.54, 1.807) is 0 Å². The first kappa shape index (κ1) is 35.7. The molecule has 4 aromatic heterocycles. The van der Waals surface area contributed by atoms with Gasteiger partial charge in [0.15, 0.2) is 17.5 Å². The van der Waals surface area contributed by atoms with E-state index in [0.29, 0.717) is 23.2 Å². The summed E-state index contributed by atoms with van der Waals surface area (Å²) in [5.41, 5.74) is 15.7. The minimum absolute atomic E-state index is 0.530. The zero-order valence-corrected chi connectivity index (χ0v) is 33.7. The van der Waals surface area contributed by atoms with E-state index in [4.69, 9.17) is 19.9 Å². The van der Waals surface area contributed by atoms with Crippen molar-refractivity contribution in [2.45, 2.75) is 12.8 Å². The standard InChI is InChI=1S/C56H38N6/c1-4-15-38(16-5-1)54-58-55(39-17-6-2-7-18-39)60-56(59-54)48-36-41(33-34-57-48)40-29-32-51-47(35-40)45-21-10-12-24-49(45)61(51)43-30-27-37(28-31-43)44-23-14-26-52-53(44)46-22-11-13-25-50(46)62(52)42-19-8-3-9-20-42/h1-12,14-24,26-36H,13,25H2. The Bertz CT molecular complexity index is 3440. The lowest BCUT2D eigenvalue weighted by atomic mass is 9.95. The Morgan fingerprint density at radius 3 is 1.79 bits per heavy atom. The van der Waals surface area contributed by atoms with E-state index in [-0.39, 0.29) is 0 Å². The van der Waals surface area contributed by atoms with Crippen molar-refractivity contribution in [2.24, 2.45) is 0 Å². The molecule has 0 amide bonds. The zero-order valence-electron chi connectivity index (χ0n) is 33.7. The summed E-state index contributed by atoms with van der Waals surface area (Å²) in [5, 5.41) is 3.69. The molecule has 4 heterocycles. The van der Waals surface area contributed by atoms with Crippen LogP contribution >= 0.6 is 0 Å². The largest absolute Gasteiger partial charge is 0.313 e. The van der Waals surface area contributed by atoms with Crippen molar-refractivity contribution in [3.8, 4) is 67.9 Å². The van der Waals surface area contributed by atoms with Crippen molar-refractivity contribution in [2.75, 3.05) is 0 Å². The van der Waals surface area contributed by atoms with E-state index in [2.05, 4.69) is 149 Å². The molecule has 7 aromatic carbocycles. The van der Waals surface area contributed by atoms with Gasteiger partial charge in [-0.15, -0.1) is 0 Å². The second kappa shape index (κ2) is 14.8. The van der Waals surface area contributed by atoms with Crippen molar-refractivity contribution < 1.29 is 0 Å². The van der Waals surface area contributed by atoms with Crippen molar-refractivity contribution in [3.63, 3.8) is 0 Å². The van der Waals surface area contributed by atoms with Crippen LogP contribution in [0.2, 0.25) is 0 Å². The predicted octanol–water partition coefficient (Wildman–Crippen LogP) is 13.6. The Balaban J connectivity index is 0.934. The number of hydrogen-bond acceptors (Lipinski definition) is 4. The van der Waals surface area contributed by atoms with Gasteiger partial charge in [-0.2, -0.15) is 0 Å². The van der Waals surface area contributed by atoms with Crippen LogP contribution < -0.4 is 0 Å². The van der Waals surface area contributed by atoms with E-state index in [1.807, 2.05) is 66.9 Å². The van der Waals surface area contributed by atoms with Crippen LogP contribution in [0.3, 0.4) is 0 Å². The molecule has 0 radical (unpaired) electrons. The quantitative estimate of drug-likeness (QED) is 0.161. The fraction of sp³-hybridized carbons (Fsp3) is 0.0357. The molecule has 6 heteroatoms. The molecule has 0 spiro atoms. The lowest BCUT2D eigenvalue weighted by Gasteiger charge is -2.13. The number of benzene rings is 7. The van der Waals surface area contributed by atoms with Crippen molar-refractivity contribution in [1.29, 1.82) is 0 Å². The molecule has 292 valence electrons. The molecule has 11 aromatic rings. The third kappa shape index (κ3) is 6.03. The number of rotatable bonds is 7. The van der Waals surface area contributed by atoms with Gasteiger partial charge in [0.05, 0.1) is 16.6 Å². The minimum Gasteiger partial charge on any atom is -0.313 e. The van der Waals surface area contributed by atoms with Crippen LogP contribution in [0, 0.1) is 0 Å². The first-order valence-electron chi connectivity index (χ1n) is 21.1. The highest BCUT2D eigenvalue weighted by Gasteiger charge is 2.22. The van der Waals surface area contributed by atoms with Crippen LogP contribution in [0.5, 0.6) is 0 Å². The normalized spacial score (nSPS) is 12.3. The minimum atomic E-state index is 0.530. The van der Waals surface area contributed by atoms with E-state index < -0.39 is 0 Å². The molecule has 0 fully saturated rings. The van der Waals surface area contributed by atoms with Crippen LogP contribution in [-0.4, -0.2) is 29.1 Å². The fourth-order valence-electron chi connectivity index (χ4n) is 9.26. The van der Waals surface area contributed by atoms with Crippen LogP contribution in [-0.2, 0) is 6.42 Å². The van der Waals surface area contributed by atoms with Crippen LogP contribution in [0.1, 0.15) is 17.7 Å². The second-order valence-electron chi connectivity index (χ2n) is 15.8. The molecule has 0 unspecified atom stereocenters. The van der Waals surface area contributed by atoms with Crippen LogP contribution in [0.15, 0.2) is 200 Å². The van der Waals surface area contributed by atoms with Gasteiger partial charge >= 0.3 is 0 Å². The number of aromatic nitrogens is 6. The van der Waals surface area contributed by atoms with Crippen molar-refractivity contribution in [1.82, 2.24) is 29.1 Å². The Labute approximate surface area is 358 Å². The molecule has 6 nitrogen and oxygen atoms in total. The average molecular weight is 795 g/mol. The van der Waals surface area contributed by atoms with Crippen LogP contribution in [0.25, 0.3) is 107 Å². The summed E-state index contributed by atoms with van der Waals surface area (Å²) in [6.45, 7) is 0. The molecule has 0 bridgehead atoms. The van der Waals surface area contributed by atoms with Gasteiger partial charge in [-0.25, -0.2) is 15.0 Å². The van der Waals surface area contributed by atoms with Gasteiger partial charge in [-0.1, -0.05) is 140 Å². The Hall–Kier alpha value is -8.22. The first-order chi connectivity index (χ1) is 30.7. The molecular formula is C56H38N6. The molecule has 0 aliphatic heterocycles. The first-order valence-corrected chi connectivity index (χ1v) is 21.1. The maximum absolute atomic E-state index is 4.94. The molecule has 1 aliphatic carbocycles. The summed E-state index contributed by atoms with van der Waals surface area (Å²) in [6.07, 6.45) is 8.56.